The van der Waals surface area contributed by atoms with Crippen LogP contribution in [0.3, 0.4) is 0 Å². The molecule has 2 heteroatoms. The fraction of sp³-hybridized carbons (Fsp3) is 1.00. The highest BCUT2D eigenvalue weighted by Gasteiger charge is 2.41. The molecule has 1 aliphatic heterocycles. The fourth-order valence-electron chi connectivity index (χ4n) is 3.91. The van der Waals surface area contributed by atoms with Gasteiger partial charge in [0.2, 0.25) is 0 Å². The van der Waals surface area contributed by atoms with Gasteiger partial charge < -0.3 is 5.73 Å². The van der Waals surface area contributed by atoms with Crippen LogP contribution in [-0.4, -0.2) is 17.5 Å². The van der Waals surface area contributed by atoms with Gasteiger partial charge in [-0.05, 0) is 55.1 Å². The Bertz CT molecular complexity index is 218. The standard InChI is InChI=1S/C12H21NS/c13-12-7-14-6-11(12)5-10-4-8-1-2-9(10)3-8/h8-12H,1-7,13H2. The molecule has 0 radical (unpaired) electrons. The number of hydrogen-bond donors (Lipinski definition) is 1. The van der Waals surface area contributed by atoms with Crippen LogP contribution in [0.2, 0.25) is 0 Å². The van der Waals surface area contributed by atoms with Gasteiger partial charge in [0.1, 0.15) is 0 Å². The minimum Gasteiger partial charge on any atom is -0.327 e. The van der Waals surface area contributed by atoms with Crippen molar-refractivity contribution in [3.05, 3.63) is 0 Å². The summed E-state index contributed by atoms with van der Waals surface area (Å²) in [5.41, 5.74) is 6.13. The van der Waals surface area contributed by atoms with Crippen LogP contribution in [0.15, 0.2) is 0 Å². The maximum absolute atomic E-state index is 6.13. The third-order valence-corrected chi connectivity index (χ3v) is 6.02. The minimum atomic E-state index is 0.513. The summed E-state index contributed by atoms with van der Waals surface area (Å²) in [6.45, 7) is 0. The lowest BCUT2D eigenvalue weighted by molar-refractivity contribution is 0.268. The molecule has 0 amide bonds. The molecule has 1 saturated heterocycles. The van der Waals surface area contributed by atoms with E-state index in [0.717, 1.165) is 23.7 Å². The van der Waals surface area contributed by atoms with Gasteiger partial charge in [0.25, 0.3) is 0 Å². The molecule has 3 fully saturated rings. The molecule has 0 spiro atoms. The van der Waals surface area contributed by atoms with E-state index in [0.29, 0.717) is 6.04 Å². The van der Waals surface area contributed by atoms with E-state index in [2.05, 4.69) is 11.8 Å². The Morgan fingerprint density at radius 3 is 2.57 bits per heavy atom. The van der Waals surface area contributed by atoms with E-state index >= 15 is 0 Å². The summed E-state index contributed by atoms with van der Waals surface area (Å²) < 4.78 is 0. The summed E-state index contributed by atoms with van der Waals surface area (Å²) in [6, 6.07) is 0.513. The van der Waals surface area contributed by atoms with Gasteiger partial charge in [-0.1, -0.05) is 6.42 Å². The van der Waals surface area contributed by atoms with Crippen LogP contribution in [0.1, 0.15) is 32.1 Å². The Kier molecular flexibility index (Phi) is 2.53. The Labute approximate surface area is 91.2 Å². The number of nitrogens with two attached hydrogens (primary N) is 1. The van der Waals surface area contributed by atoms with Crippen LogP contribution in [0.4, 0.5) is 0 Å². The van der Waals surface area contributed by atoms with Crippen molar-refractivity contribution in [3.63, 3.8) is 0 Å². The number of hydrogen-bond acceptors (Lipinski definition) is 2. The average molecular weight is 211 g/mol. The Morgan fingerprint density at radius 2 is 2.00 bits per heavy atom. The second-order valence-corrected chi connectivity index (χ2v) is 6.71. The van der Waals surface area contributed by atoms with Crippen molar-refractivity contribution in [2.45, 2.75) is 38.1 Å². The van der Waals surface area contributed by atoms with Crippen LogP contribution in [0.5, 0.6) is 0 Å². The normalized spacial score (nSPS) is 51.6. The predicted octanol–water partition coefficient (Wildman–Crippen LogP) is 2.50. The third kappa shape index (κ3) is 1.61. The minimum absolute atomic E-state index is 0.513. The van der Waals surface area contributed by atoms with E-state index in [9.17, 15) is 0 Å². The highest BCUT2D eigenvalue weighted by atomic mass is 32.2. The SMILES string of the molecule is NC1CSCC1CC1CC2CCC1C2. The Balaban J connectivity index is 1.57. The second-order valence-electron chi connectivity index (χ2n) is 5.63. The first-order valence-electron chi connectivity index (χ1n) is 6.16. The largest absolute Gasteiger partial charge is 0.327 e. The van der Waals surface area contributed by atoms with E-state index in [1.54, 1.807) is 12.8 Å². The van der Waals surface area contributed by atoms with Gasteiger partial charge in [-0.25, -0.2) is 0 Å². The fourth-order valence-corrected chi connectivity index (χ4v) is 5.28. The summed E-state index contributed by atoms with van der Waals surface area (Å²) in [4.78, 5) is 0. The van der Waals surface area contributed by atoms with E-state index in [-0.39, 0.29) is 0 Å². The zero-order valence-electron chi connectivity index (χ0n) is 8.82. The number of thioether (sulfide) groups is 1. The molecule has 5 unspecified atom stereocenters. The van der Waals surface area contributed by atoms with Crippen molar-refractivity contribution in [1.82, 2.24) is 0 Å². The summed E-state index contributed by atoms with van der Waals surface area (Å²) in [5, 5.41) is 0. The molecule has 80 valence electrons. The molecule has 2 saturated carbocycles. The van der Waals surface area contributed by atoms with Crippen molar-refractivity contribution in [2.75, 3.05) is 11.5 Å². The molecule has 0 aromatic rings. The molecular weight excluding hydrogens is 190 g/mol. The van der Waals surface area contributed by atoms with E-state index < -0.39 is 0 Å². The molecule has 2 N–H and O–H groups in total. The quantitative estimate of drug-likeness (QED) is 0.759. The van der Waals surface area contributed by atoms with E-state index in [1.165, 1.54) is 30.8 Å². The van der Waals surface area contributed by atoms with Gasteiger partial charge in [0.05, 0.1) is 0 Å². The summed E-state index contributed by atoms with van der Waals surface area (Å²) in [7, 11) is 0. The molecule has 0 aromatic heterocycles. The van der Waals surface area contributed by atoms with Crippen molar-refractivity contribution < 1.29 is 0 Å². The Hall–Kier alpha value is 0.310. The summed E-state index contributed by atoms with van der Waals surface area (Å²) >= 11 is 2.07. The van der Waals surface area contributed by atoms with Gasteiger partial charge in [0, 0.05) is 11.8 Å². The first-order valence-corrected chi connectivity index (χ1v) is 7.31. The molecule has 1 heterocycles. The van der Waals surface area contributed by atoms with Crippen molar-refractivity contribution in [2.24, 2.45) is 29.4 Å². The molecule has 5 atom stereocenters. The third-order valence-electron chi connectivity index (χ3n) is 4.74. The Morgan fingerprint density at radius 1 is 1.07 bits per heavy atom. The second kappa shape index (κ2) is 3.71. The summed E-state index contributed by atoms with van der Waals surface area (Å²) in [5.74, 6) is 6.67. The topological polar surface area (TPSA) is 26.0 Å². The molecule has 2 aliphatic carbocycles. The van der Waals surface area contributed by atoms with E-state index in [1.807, 2.05) is 0 Å². The lowest BCUT2D eigenvalue weighted by Gasteiger charge is -2.26. The highest BCUT2D eigenvalue weighted by molar-refractivity contribution is 7.99. The van der Waals surface area contributed by atoms with Gasteiger partial charge in [-0.15, -0.1) is 0 Å². The van der Waals surface area contributed by atoms with Gasteiger partial charge >= 0.3 is 0 Å². The van der Waals surface area contributed by atoms with Gasteiger partial charge in [0.15, 0.2) is 0 Å². The first kappa shape index (κ1) is 9.53. The zero-order valence-corrected chi connectivity index (χ0v) is 9.64. The molecule has 0 aromatic carbocycles. The smallest absolute Gasteiger partial charge is 0.0166 e. The van der Waals surface area contributed by atoms with Crippen molar-refractivity contribution in [3.8, 4) is 0 Å². The van der Waals surface area contributed by atoms with Crippen molar-refractivity contribution in [1.29, 1.82) is 0 Å². The monoisotopic (exact) mass is 211 g/mol. The van der Waals surface area contributed by atoms with Crippen molar-refractivity contribution >= 4 is 11.8 Å². The lowest BCUT2D eigenvalue weighted by Crippen LogP contribution is -2.30. The molecule has 2 bridgehead atoms. The highest BCUT2D eigenvalue weighted by Crippen LogP contribution is 2.51. The number of rotatable bonds is 2. The molecule has 1 nitrogen and oxygen atoms in total. The molecule has 3 aliphatic rings. The number of fused-ring (bicyclic) bond motifs is 2. The van der Waals surface area contributed by atoms with Gasteiger partial charge in [-0.2, -0.15) is 11.8 Å². The predicted molar refractivity (Wildman–Crippen MR) is 62.3 cm³/mol. The molecule has 3 rings (SSSR count). The average Bonchev–Trinajstić information content (AvgIpc) is 2.83. The molecule has 14 heavy (non-hydrogen) atoms. The molecular formula is C12H21NS. The zero-order chi connectivity index (χ0) is 9.54. The van der Waals surface area contributed by atoms with Gasteiger partial charge in [-0.3, -0.25) is 0 Å². The van der Waals surface area contributed by atoms with Crippen LogP contribution in [0.25, 0.3) is 0 Å². The first-order chi connectivity index (χ1) is 6.83. The maximum atomic E-state index is 6.13. The van der Waals surface area contributed by atoms with Crippen LogP contribution < -0.4 is 5.73 Å². The maximum Gasteiger partial charge on any atom is 0.0166 e. The lowest BCUT2D eigenvalue weighted by atomic mass is 9.81. The van der Waals surface area contributed by atoms with Crippen LogP contribution in [-0.2, 0) is 0 Å². The van der Waals surface area contributed by atoms with Crippen LogP contribution in [0, 0.1) is 23.7 Å². The van der Waals surface area contributed by atoms with Crippen LogP contribution >= 0.6 is 11.8 Å². The summed E-state index contributed by atoms with van der Waals surface area (Å²) in [6.07, 6.45) is 7.62. The van der Waals surface area contributed by atoms with E-state index in [4.69, 9.17) is 5.73 Å².